The van der Waals surface area contributed by atoms with E-state index >= 15 is 0 Å². The van der Waals surface area contributed by atoms with Gasteiger partial charge in [-0.15, -0.1) is 0 Å². The quantitative estimate of drug-likeness (QED) is 0.796. The van der Waals surface area contributed by atoms with Gasteiger partial charge in [-0.05, 0) is 57.4 Å². The van der Waals surface area contributed by atoms with Crippen LogP contribution in [0.2, 0.25) is 0 Å². The van der Waals surface area contributed by atoms with Gasteiger partial charge in [0.15, 0.2) is 0 Å². The van der Waals surface area contributed by atoms with Crippen molar-refractivity contribution in [2.45, 2.75) is 53.1 Å². The Hall–Kier alpha value is -2.89. The Morgan fingerprint density at radius 2 is 1.67 bits per heavy atom. The number of amides is 1. The Morgan fingerprint density at radius 1 is 1.07 bits per heavy atom. The van der Waals surface area contributed by atoms with Crippen LogP contribution in [0.25, 0.3) is 0 Å². The number of carbonyl (C=O) groups excluding carboxylic acids is 2. The molecular formula is C21H26N2O4. The Bertz CT molecular complexity index is 903. The summed E-state index contributed by atoms with van der Waals surface area (Å²) in [6.45, 7) is 11.0. The molecule has 144 valence electrons. The second-order valence-corrected chi connectivity index (χ2v) is 7.78. The highest BCUT2D eigenvalue weighted by atomic mass is 16.6. The van der Waals surface area contributed by atoms with Crippen LogP contribution in [0.3, 0.4) is 0 Å². The third-order valence-electron chi connectivity index (χ3n) is 3.94. The first-order valence-corrected chi connectivity index (χ1v) is 8.86. The zero-order valence-electron chi connectivity index (χ0n) is 16.6. The zero-order valence-corrected chi connectivity index (χ0v) is 16.6. The summed E-state index contributed by atoms with van der Waals surface area (Å²) < 4.78 is 5.34. The number of carbonyl (C=O) groups is 2. The van der Waals surface area contributed by atoms with E-state index in [0.29, 0.717) is 17.3 Å². The van der Waals surface area contributed by atoms with Gasteiger partial charge in [-0.3, -0.25) is 9.59 Å². The van der Waals surface area contributed by atoms with Gasteiger partial charge in [0.05, 0.1) is 5.56 Å². The van der Waals surface area contributed by atoms with Crippen LogP contribution in [-0.4, -0.2) is 22.5 Å². The Morgan fingerprint density at radius 3 is 2.19 bits per heavy atom. The molecular weight excluding hydrogens is 344 g/mol. The highest BCUT2D eigenvalue weighted by Crippen LogP contribution is 2.18. The van der Waals surface area contributed by atoms with E-state index in [1.165, 1.54) is 6.07 Å². The first-order valence-electron chi connectivity index (χ1n) is 8.86. The van der Waals surface area contributed by atoms with Crippen LogP contribution >= 0.6 is 0 Å². The third-order valence-corrected chi connectivity index (χ3v) is 3.94. The molecule has 2 aromatic rings. The number of H-pyrrole nitrogens is 1. The maximum Gasteiger partial charge on any atom is 0.340 e. The van der Waals surface area contributed by atoms with Gasteiger partial charge in [-0.25, -0.2) is 4.79 Å². The lowest BCUT2D eigenvalue weighted by Gasteiger charge is -2.20. The second kappa shape index (κ2) is 7.78. The molecule has 0 bridgehead atoms. The predicted octanol–water partition coefficient (Wildman–Crippen LogP) is 4.01. The van der Waals surface area contributed by atoms with E-state index in [4.69, 9.17) is 4.74 Å². The zero-order chi connectivity index (χ0) is 20.4. The summed E-state index contributed by atoms with van der Waals surface area (Å²) in [5.41, 5.74) is 0.847. The minimum atomic E-state index is -0.680. The molecule has 1 aromatic heterocycles. The lowest BCUT2D eigenvalue weighted by atomic mass is 10.0. The number of hydrogen-bond acceptors (Lipinski definition) is 4. The molecule has 0 aliphatic heterocycles. The van der Waals surface area contributed by atoms with Crippen LogP contribution in [-0.2, 0) is 4.74 Å². The third kappa shape index (κ3) is 5.29. The molecule has 0 unspecified atom stereocenters. The van der Waals surface area contributed by atoms with Gasteiger partial charge in [0, 0.05) is 11.4 Å². The Labute approximate surface area is 159 Å². The number of nitrogens with one attached hydrogen (secondary N) is 2. The van der Waals surface area contributed by atoms with Gasteiger partial charge in [-0.2, -0.15) is 0 Å². The van der Waals surface area contributed by atoms with Crippen molar-refractivity contribution in [2.75, 3.05) is 5.32 Å². The normalized spacial score (nSPS) is 11.4. The van der Waals surface area contributed by atoms with Crippen molar-refractivity contribution in [2.24, 2.45) is 0 Å². The molecule has 0 aliphatic carbocycles. The lowest BCUT2D eigenvalue weighted by Crippen LogP contribution is -2.28. The maximum atomic E-state index is 12.5. The van der Waals surface area contributed by atoms with E-state index in [-0.39, 0.29) is 11.1 Å². The molecule has 1 aromatic carbocycles. The van der Waals surface area contributed by atoms with Crippen molar-refractivity contribution in [1.29, 1.82) is 0 Å². The van der Waals surface area contributed by atoms with Crippen LogP contribution in [0, 0.1) is 6.92 Å². The van der Waals surface area contributed by atoms with E-state index < -0.39 is 23.0 Å². The SMILES string of the molecule is Cc1[nH]c(=O)c(C(=O)Nc2ccc(C(C)C)cc2)cc1C(=O)OC(C)(C)C. The minimum Gasteiger partial charge on any atom is -0.456 e. The summed E-state index contributed by atoms with van der Waals surface area (Å²) in [6.07, 6.45) is 0. The summed E-state index contributed by atoms with van der Waals surface area (Å²) in [7, 11) is 0. The smallest absolute Gasteiger partial charge is 0.340 e. The molecule has 1 heterocycles. The molecule has 1 amide bonds. The number of aryl methyl sites for hydroxylation is 1. The van der Waals surface area contributed by atoms with Gasteiger partial charge in [0.1, 0.15) is 11.2 Å². The van der Waals surface area contributed by atoms with E-state index in [2.05, 4.69) is 24.1 Å². The van der Waals surface area contributed by atoms with E-state index in [0.717, 1.165) is 5.56 Å². The molecule has 0 saturated heterocycles. The lowest BCUT2D eigenvalue weighted by molar-refractivity contribution is 0.00681. The van der Waals surface area contributed by atoms with Crippen molar-refractivity contribution in [3.8, 4) is 0 Å². The summed E-state index contributed by atoms with van der Waals surface area (Å²) in [5, 5.41) is 2.69. The summed E-state index contributed by atoms with van der Waals surface area (Å²) in [4.78, 5) is 39.6. The fourth-order valence-corrected chi connectivity index (χ4v) is 2.49. The van der Waals surface area contributed by atoms with Crippen molar-refractivity contribution in [3.05, 3.63) is 63.1 Å². The molecule has 6 nitrogen and oxygen atoms in total. The number of anilines is 1. The van der Waals surface area contributed by atoms with Gasteiger partial charge in [-0.1, -0.05) is 26.0 Å². The van der Waals surface area contributed by atoms with Crippen LogP contribution < -0.4 is 10.9 Å². The number of ether oxygens (including phenoxy) is 1. The fraction of sp³-hybridized carbons (Fsp3) is 0.381. The Kier molecular flexibility index (Phi) is 5.88. The van der Waals surface area contributed by atoms with E-state index in [9.17, 15) is 14.4 Å². The number of aromatic amines is 1. The molecule has 0 saturated carbocycles. The standard InChI is InChI=1S/C21H26N2O4/c1-12(2)14-7-9-15(10-8-14)23-19(25)17-11-16(13(3)22-18(17)24)20(26)27-21(4,5)6/h7-12H,1-6H3,(H,22,24)(H,23,25). The van der Waals surface area contributed by atoms with Crippen LogP contribution in [0.4, 0.5) is 5.69 Å². The van der Waals surface area contributed by atoms with Crippen molar-refractivity contribution in [1.82, 2.24) is 4.98 Å². The van der Waals surface area contributed by atoms with Crippen molar-refractivity contribution >= 4 is 17.6 Å². The van der Waals surface area contributed by atoms with Gasteiger partial charge in [0.2, 0.25) is 0 Å². The molecule has 0 aliphatic rings. The summed E-state index contributed by atoms with van der Waals surface area (Å²) in [5.74, 6) is -0.795. The molecule has 0 spiro atoms. The van der Waals surface area contributed by atoms with Gasteiger partial charge < -0.3 is 15.0 Å². The molecule has 0 atom stereocenters. The van der Waals surface area contributed by atoms with Crippen LogP contribution in [0.1, 0.15) is 72.5 Å². The first kappa shape index (κ1) is 20.4. The maximum absolute atomic E-state index is 12.5. The minimum absolute atomic E-state index is 0.144. The number of aromatic nitrogens is 1. The fourth-order valence-electron chi connectivity index (χ4n) is 2.49. The van der Waals surface area contributed by atoms with E-state index in [1.54, 1.807) is 39.8 Å². The topological polar surface area (TPSA) is 88.3 Å². The number of benzene rings is 1. The van der Waals surface area contributed by atoms with Crippen molar-refractivity contribution in [3.63, 3.8) is 0 Å². The predicted molar refractivity (Wildman–Crippen MR) is 105 cm³/mol. The van der Waals surface area contributed by atoms with Gasteiger partial charge in [0.25, 0.3) is 11.5 Å². The number of esters is 1. The average Bonchev–Trinajstić information content (AvgIpc) is 2.53. The molecule has 2 N–H and O–H groups in total. The monoisotopic (exact) mass is 370 g/mol. The molecule has 2 rings (SSSR count). The molecule has 0 radical (unpaired) electrons. The van der Waals surface area contributed by atoms with E-state index in [1.807, 2.05) is 12.1 Å². The first-order chi connectivity index (χ1) is 12.5. The summed E-state index contributed by atoms with van der Waals surface area (Å²) in [6, 6.07) is 8.69. The van der Waals surface area contributed by atoms with Crippen LogP contribution in [0.15, 0.2) is 35.1 Å². The van der Waals surface area contributed by atoms with Crippen molar-refractivity contribution < 1.29 is 14.3 Å². The molecule has 6 heteroatoms. The highest BCUT2D eigenvalue weighted by molar-refractivity contribution is 6.05. The summed E-state index contributed by atoms with van der Waals surface area (Å²) >= 11 is 0. The largest absolute Gasteiger partial charge is 0.456 e. The number of hydrogen-bond donors (Lipinski definition) is 2. The Balaban J connectivity index is 2.29. The molecule has 0 fully saturated rings. The molecule has 27 heavy (non-hydrogen) atoms. The average molecular weight is 370 g/mol. The number of rotatable bonds is 4. The number of pyridine rings is 1. The highest BCUT2D eigenvalue weighted by Gasteiger charge is 2.22. The second-order valence-electron chi connectivity index (χ2n) is 7.78. The van der Waals surface area contributed by atoms with Gasteiger partial charge >= 0.3 is 5.97 Å². The van der Waals surface area contributed by atoms with Crippen LogP contribution in [0.5, 0.6) is 0 Å².